The van der Waals surface area contributed by atoms with E-state index in [0.717, 1.165) is 29.6 Å². The summed E-state index contributed by atoms with van der Waals surface area (Å²) in [4.78, 5) is 4.57. The molecule has 2 rings (SSSR count). The quantitative estimate of drug-likeness (QED) is 0.911. The third-order valence-electron chi connectivity index (χ3n) is 2.78. The number of amidine groups is 1. The fourth-order valence-corrected chi connectivity index (χ4v) is 2.74. The number of nitrogens with zero attached hydrogens (tertiary/aromatic N) is 1. The summed E-state index contributed by atoms with van der Waals surface area (Å²) in [6, 6.07) is 5.31. The summed E-state index contributed by atoms with van der Waals surface area (Å²) in [5.74, 6) is 0.797. The Labute approximate surface area is 111 Å². The van der Waals surface area contributed by atoms with Crippen molar-refractivity contribution in [2.24, 2.45) is 4.99 Å². The molecule has 0 amide bonds. The van der Waals surface area contributed by atoms with Gasteiger partial charge in [-0.25, -0.2) is 4.39 Å². The number of aliphatic imine (C=N–C) groups is 1. The Morgan fingerprint density at radius 3 is 3.11 bits per heavy atom. The third kappa shape index (κ3) is 3.46. The zero-order chi connectivity index (χ0) is 13.0. The Bertz CT molecular complexity index is 451. The highest BCUT2D eigenvalue weighted by Gasteiger charge is 2.18. The van der Waals surface area contributed by atoms with Gasteiger partial charge in [-0.2, -0.15) is 0 Å². The number of ether oxygens (including phenoxy) is 1. The first kappa shape index (κ1) is 13.4. The van der Waals surface area contributed by atoms with Gasteiger partial charge in [0.25, 0.3) is 0 Å². The van der Waals surface area contributed by atoms with Gasteiger partial charge in [0.15, 0.2) is 5.17 Å². The molecule has 3 nitrogen and oxygen atoms in total. The highest BCUT2D eigenvalue weighted by Crippen LogP contribution is 2.23. The molecule has 0 radical (unpaired) electrons. The minimum Gasteiger partial charge on any atom is -0.385 e. The molecule has 0 fully saturated rings. The van der Waals surface area contributed by atoms with Crippen molar-refractivity contribution in [3.8, 4) is 0 Å². The molecule has 0 saturated heterocycles. The average Bonchev–Trinajstić information content (AvgIpc) is 2.79. The Kier molecular flexibility index (Phi) is 4.60. The number of nitrogens with one attached hydrogen (secondary N) is 1. The third-order valence-corrected chi connectivity index (χ3v) is 3.81. The van der Waals surface area contributed by atoms with Gasteiger partial charge >= 0.3 is 0 Å². The van der Waals surface area contributed by atoms with Crippen LogP contribution in [0.5, 0.6) is 0 Å². The van der Waals surface area contributed by atoms with Gasteiger partial charge in [0.1, 0.15) is 5.82 Å². The molecule has 0 spiro atoms. The molecule has 0 aliphatic carbocycles. The molecule has 1 heterocycles. The number of halogens is 1. The Morgan fingerprint density at radius 1 is 1.56 bits per heavy atom. The van der Waals surface area contributed by atoms with Gasteiger partial charge in [0, 0.05) is 25.2 Å². The van der Waals surface area contributed by atoms with Crippen molar-refractivity contribution in [1.29, 1.82) is 0 Å². The smallest absolute Gasteiger partial charge is 0.161 e. The molecule has 0 bridgehead atoms. The molecule has 0 aromatic heterocycles. The average molecular weight is 268 g/mol. The molecular formula is C13H17FN2OS. The van der Waals surface area contributed by atoms with Crippen LogP contribution in [0.1, 0.15) is 12.0 Å². The zero-order valence-corrected chi connectivity index (χ0v) is 11.4. The van der Waals surface area contributed by atoms with E-state index in [9.17, 15) is 4.39 Å². The number of hydrogen-bond acceptors (Lipinski definition) is 4. The van der Waals surface area contributed by atoms with Gasteiger partial charge < -0.3 is 10.1 Å². The summed E-state index contributed by atoms with van der Waals surface area (Å²) < 4.78 is 18.2. The van der Waals surface area contributed by atoms with Crippen LogP contribution in [-0.2, 0) is 4.74 Å². The van der Waals surface area contributed by atoms with E-state index in [-0.39, 0.29) is 5.82 Å². The maximum Gasteiger partial charge on any atom is 0.161 e. The van der Waals surface area contributed by atoms with Crippen molar-refractivity contribution < 1.29 is 9.13 Å². The standard InChI is InChI=1S/C13H17FN2OS/c1-9-7-10(3-4-12(9)14)15-13-16-11(8-18-13)5-6-17-2/h3-4,7,11H,5-6,8H2,1-2H3,(H,15,16). The highest BCUT2D eigenvalue weighted by molar-refractivity contribution is 8.14. The minimum atomic E-state index is -0.181. The van der Waals surface area contributed by atoms with Crippen LogP contribution < -0.4 is 5.32 Å². The van der Waals surface area contributed by atoms with E-state index < -0.39 is 0 Å². The molecule has 1 aromatic carbocycles. The van der Waals surface area contributed by atoms with Crippen LogP contribution in [0.15, 0.2) is 23.2 Å². The molecule has 0 saturated carbocycles. The van der Waals surface area contributed by atoms with E-state index in [1.807, 2.05) is 0 Å². The first-order valence-corrected chi connectivity index (χ1v) is 6.90. The molecule has 98 valence electrons. The lowest BCUT2D eigenvalue weighted by Crippen LogP contribution is -2.08. The van der Waals surface area contributed by atoms with E-state index in [1.165, 1.54) is 6.07 Å². The summed E-state index contributed by atoms with van der Waals surface area (Å²) in [5, 5.41) is 4.13. The van der Waals surface area contributed by atoms with E-state index in [4.69, 9.17) is 4.74 Å². The number of rotatable bonds is 4. The molecule has 1 aliphatic rings. The van der Waals surface area contributed by atoms with Crippen LogP contribution in [0, 0.1) is 12.7 Å². The molecule has 18 heavy (non-hydrogen) atoms. The first-order chi connectivity index (χ1) is 8.69. The van der Waals surface area contributed by atoms with Crippen LogP contribution in [0.4, 0.5) is 10.1 Å². The molecule has 1 unspecified atom stereocenters. The van der Waals surface area contributed by atoms with Crippen molar-refractivity contribution in [3.63, 3.8) is 0 Å². The summed E-state index contributed by atoms with van der Waals surface area (Å²) in [5.41, 5.74) is 1.52. The van der Waals surface area contributed by atoms with Gasteiger partial charge in [0.2, 0.25) is 0 Å². The number of methoxy groups -OCH3 is 1. The van der Waals surface area contributed by atoms with E-state index in [2.05, 4.69) is 10.3 Å². The number of benzene rings is 1. The van der Waals surface area contributed by atoms with Crippen LogP contribution in [0.25, 0.3) is 0 Å². The Morgan fingerprint density at radius 2 is 2.39 bits per heavy atom. The predicted molar refractivity (Wildman–Crippen MR) is 74.9 cm³/mol. The van der Waals surface area contributed by atoms with E-state index >= 15 is 0 Å². The monoisotopic (exact) mass is 268 g/mol. The zero-order valence-electron chi connectivity index (χ0n) is 10.6. The van der Waals surface area contributed by atoms with Crippen LogP contribution in [0.3, 0.4) is 0 Å². The number of thioether (sulfide) groups is 1. The minimum absolute atomic E-state index is 0.181. The van der Waals surface area contributed by atoms with Gasteiger partial charge in [-0.05, 0) is 37.1 Å². The largest absolute Gasteiger partial charge is 0.385 e. The van der Waals surface area contributed by atoms with Gasteiger partial charge in [-0.15, -0.1) is 0 Å². The number of aryl methyl sites for hydroxylation is 1. The van der Waals surface area contributed by atoms with Crippen molar-refractivity contribution >= 4 is 22.6 Å². The summed E-state index contributed by atoms with van der Waals surface area (Å²) in [6.45, 7) is 2.49. The molecule has 1 aliphatic heterocycles. The second-order valence-corrected chi connectivity index (χ2v) is 5.28. The fraction of sp³-hybridized carbons (Fsp3) is 0.462. The maximum atomic E-state index is 13.1. The first-order valence-electron chi connectivity index (χ1n) is 5.92. The Hall–Kier alpha value is -1.07. The van der Waals surface area contributed by atoms with Crippen molar-refractivity contribution in [2.45, 2.75) is 19.4 Å². The summed E-state index contributed by atoms with van der Waals surface area (Å²) >= 11 is 1.70. The molecular weight excluding hydrogens is 251 g/mol. The molecule has 1 N–H and O–H groups in total. The number of hydrogen-bond donors (Lipinski definition) is 1. The molecule has 1 aromatic rings. The second kappa shape index (κ2) is 6.20. The maximum absolute atomic E-state index is 13.1. The topological polar surface area (TPSA) is 33.6 Å². The lowest BCUT2D eigenvalue weighted by atomic mass is 10.2. The lowest BCUT2D eigenvalue weighted by Gasteiger charge is -2.06. The fourth-order valence-electron chi connectivity index (χ4n) is 1.73. The molecule has 5 heteroatoms. The lowest BCUT2D eigenvalue weighted by molar-refractivity contribution is 0.190. The number of anilines is 1. The van der Waals surface area contributed by atoms with Gasteiger partial charge in [-0.3, -0.25) is 4.99 Å². The highest BCUT2D eigenvalue weighted by atomic mass is 32.2. The summed E-state index contributed by atoms with van der Waals surface area (Å²) in [7, 11) is 1.70. The van der Waals surface area contributed by atoms with E-state index in [1.54, 1.807) is 37.9 Å². The van der Waals surface area contributed by atoms with Crippen molar-refractivity contribution in [3.05, 3.63) is 29.6 Å². The summed E-state index contributed by atoms with van der Waals surface area (Å²) in [6.07, 6.45) is 0.942. The second-order valence-electron chi connectivity index (χ2n) is 4.27. The van der Waals surface area contributed by atoms with Gasteiger partial charge in [0.05, 0.1) is 6.04 Å². The van der Waals surface area contributed by atoms with Crippen molar-refractivity contribution in [1.82, 2.24) is 0 Å². The van der Waals surface area contributed by atoms with Crippen LogP contribution in [-0.4, -0.2) is 30.7 Å². The van der Waals surface area contributed by atoms with Crippen molar-refractivity contribution in [2.75, 3.05) is 24.8 Å². The molecule has 1 atom stereocenters. The predicted octanol–water partition coefficient (Wildman–Crippen LogP) is 3.05. The van der Waals surface area contributed by atoms with Crippen LogP contribution >= 0.6 is 11.8 Å². The van der Waals surface area contributed by atoms with E-state index in [0.29, 0.717) is 11.6 Å². The van der Waals surface area contributed by atoms with Crippen LogP contribution in [0.2, 0.25) is 0 Å². The van der Waals surface area contributed by atoms with Gasteiger partial charge in [-0.1, -0.05) is 11.8 Å². The normalized spacial score (nSPS) is 18.8. The Balaban J connectivity index is 1.95. The SMILES string of the molecule is COCCC1CSC(Nc2ccc(F)c(C)c2)=N1.